The number of carboxylic acid groups (broad SMARTS) is 1. The minimum absolute atomic E-state index is 0.0103. The summed E-state index contributed by atoms with van der Waals surface area (Å²) in [4.78, 5) is 43.6. The van der Waals surface area contributed by atoms with E-state index in [1.807, 2.05) is 12.1 Å². The normalized spacial score (nSPS) is 18.1. The van der Waals surface area contributed by atoms with Crippen molar-refractivity contribution in [2.45, 2.75) is 35.7 Å². The second-order valence-corrected chi connectivity index (χ2v) is 14.4. The van der Waals surface area contributed by atoms with Crippen molar-refractivity contribution in [1.82, 2.24) is 20.5 Å². The first-order valence-electron chi connectivity index (χ1n) is 12.7. The van der Waals surface area contributed by atoms with Crippen molar-refractivity contribution in [2.24, 2.45) is 0 Å². The van der Waals surface area contributed by atoms with E-state index in [0.717, 1.165) is 10.5 Å². The summed E-state index contributed by atoms with van der Waals surface area (Å²) in [6, 6.07) is 6.28. The van der Waals surface area contributed by atoms with Gasteiger partial charge in [-0.25, -0.2) is 14.3 Å². The van der Waals surface area contributed by atoms with E-state index in [1.165, 1.54) is 28.4 Å². The first-order valence-corrected chi connectivity index (χ1v) is 17.5. The highest BCUT2D eigenvalue weighted by molar-refractivity contribution is 8.01. The number of aromatic nitrogens is 2. The average Bonchev–Trinajstić information content (AvgIpc) is 2.92. The van der Waals surface area contributed by atoms with E-state index < -0.39 is 33.3 Å². The second-order valence-electron chi connectivity index (χ2n) is 9.46. The maximum Gasteiger partial charge on any atom is 0.352 e. The van der Waals surface area contributed by atoms with Crippen LogP contribution in [0.3, 0.4) is 0 Å². The van der Waals surface area contributed by atoms with Crippen LogP contribution in [0.15, 0.2) is 52.8 Å². The molecule has 4 N–H and O–H groups in total. The smallest absolute Gasteiger partial charge is 0.352 e. The van der Waals surface area contributed by atoms with Crippen LogP contribution < -0.4 is 15.2 Å². The van der Waals surface area contributed by atoms with Gasteiger partial charge in [-0.3, -0.25) is 19.0 Å². The Kier molecular flexibility index (Phi) is 11.3. The minimum Gasteiger partial charge on any atom is -0.477 e. The first-order chi connectivity index (χ1) is 20.3. The zero-order chi connectivity index (χ0) is 31.3. The number of pyridine rings is 2. The molecule has 0 radical (unpaired) electrons. The zero-order valence-corrected chi connectivity index (χ0v) is 27.0. The van der Waals surface area contributed by atoms with Crippen molar-refractivity contribution in [3.05, 3.63) is 63.8 Å². The molecule has 0 unspecified atom stereocenters. The number of β-lactam (4-membered cyclic amide) rings is 1. The van der Waals surface area contributed by atoms with Gasteiger partial charge in [0.15, 0.2) is 18.9 Å². The number of nitrogens with zero attached hydrogens (tertiary/aromatic N) is 3. The van der Waals surface area contributed by atoms with Gasteiger partial charge in [0.05, 0.1) is 17.2 Å². The summed E-state index contributed by atoms with van der Waals surface area (Å²) in [5.41, 5.74) is 1.36. The van der Waals surface area contributed by atoms with Crippen molar-refractivity contribution in [1.29, 1.82) is 0 Å². The zero-order valence-electron chi connectivity index (χ0n) is 22.2. The van der Waals surface area contributed by atoms with Crippen LogP contribution >= 0.6 is 58.9 Å². The fraction of sp³-hybridized carbons (Fsp3) is 0.360. The van der Waals surface area contributed by atoms with Gasteiger partial charge in [0.1, 0.15) is 27.4 Å². The standard InChI is InChI=1S/C25H25Cl2N5O7S4/c26-17-9-14(10-18(27)29-17)11-20(40)30-21-23(34)32-22(25(35)36)15(13-42-24(21)32)12-41-16-1-5-31(6-2-16)7-3-19(33)28-4-8-43(37,38)39/h1-2,5-6,9-10,21,24H,3-4,7-8,11-13H2,(H3-,28,30,33,35,36,37,38,39,40)/p+1/t21-,24-/m1/s1. The summed E-state index contributed by atoms with van der Waals surface area (Å²) in [6.07, 6.45) is 3.96. The van der Waals surface area contributed by atoms with Crippen LogP contribution in [0.1, 0.15) is 12.0 Å². The highest BCUT2D eigenvalue weighted by atomic mass is 35.5. The largest absolute Gasteiger partial charge is 0.477 e. The van der Waals surface area contributed by atoms with Crippen LogP contribution in [-0.2, 0) is 37.5 Å². The molecule has 2 aromatic rings. The second kappa shape index (κ2) is 14.5. The maximum absolute atomic E-state index is 13.0. The summed E-state index contributed by atoms with van der Waals surface area (Å²) in [5.74, 6) is -1.63. The lowest BCUT2D eigenvalue weighted by molar-refractivity contribution is -0.696. The summed E-state index contributed by atoms with van der Waals surface area (Å²) in [7, 11) is -4.13. The van der Waals surface area contributed by atoms with Crippen LogP contribution in [0, 0.1) is 0 Å². The fourth-order valence-electron chi connectivity index (χ4n) is 4.32. The molecule has 0 aliphatic carbocycles. The fourth-order valence-corrected chi connectivity index (χ4v) is 7.85. The number of hydrogen-bond donors (Lipinski definition) is 4. The van der Waals surface area contributed by atoms with Crippen LogP contribution in [0.2, 0.25) is 10.3 Å². The summed E-state index contributed by atoms with van der Waals surface area (Å²) < 4.78 is 31.9. The Bertz CT molecular complexity index is 1550. The number of amides is 2. The molecule has 0 aromatic carbocycles. The van der Waals surface area contributed by atoms with Crippen LogP contribution in [-0.4, -0.2) is 86.0 Å². The Hall–Kier alpha value is -2.47. The third-order valence-electron chi connectivity index (χ3n) is 6.31. The lowest BCUT2D eigenvalue weighted by Gasteiger charge is -2.49. The number of rotatable bonds is 13. The van der Waals surface area contributed by atoms with Crippen molar-refractivity contribution in [3.63, 3.8) is 0 Å². The van der Waals surface area contributed by atoms with E-state index in [4.69, 9.17) is 40.0 Å². The number of aryl methyl sites for hydroxylation is 1. The molecule has 2 amide bonds. The van der Waals surface area contributed by atoms with Crippen LogP contribution in [0.25, 0.3) is 0 Å². The van der Waals surface area contributed by atoms with E-state index in [9.17, 15) is 27.9 Å². The third-order valence-corrected chi connectivity index (χ3v) is 10.1. The Labute approximate surface area is 271 Å². The van der Waals surface area contributed by atoms with Gasteiger partial charge in [0.25, 0.3) is 16.0 Å². The molecule has 2 aliphatic heterocycles. The number of fused-ring (bicyclic) bond motifs is 1. The predicted molar refractivity (Wildman–Crippen MR) is 167 cm³/mol. The first kappa shape index (κ1) is 33.4. The number of carboxylic acids is 1. The number of thiocarbonyl (C=S) groups is 1. The molecular formula is C25H26Cl2N5O7S4+. The van der Waals surface area contributed by atoms with E-state index >= 15 is 0 Å². The van der Waals surface area contributed by atoms with Crippen LogP contribution in [0.5, 0.6) is 0 Å². The van der Waals surface area contributed by atoms with Crippen molar-refractivity contribution < 1.29 is 37.0 Å². The molecule has 0 spiro atoms. The number of carbonyl (C=O) groups is 3. The molecule has 2 aromatic heterocycles. The average molecular weight is 708 g/mol. The molecule has 2 atom stereocenters. The van der Waals surface area contributed by atoms with E-state index in [1.54, 1.807) is 29.1 Å². The molecule has 12 nitrogen and oxygen atoms in total. The van der Waals surface area contributed by atoms with Gasteiger partial charge in [0, 0.05) is 41.5 Å². The molecule has 2 aliphatic rings. The molecule has 4 heterocycles. The minimum atomic E-state index is -4.13. The topological polar surface area (TPSA) is 170 Å². The number of aliphatic carboxylic acids is 1. The van der Waals surface area contributed by atoms with Gasteiger partial charge in [-0.1, -0.05) is 35.4 Å². The maximum atomic E-state index is 13.0. The Morgan fingerprint density at radius 2 is 1.91 bits per heavy atom. The lowest BCUT2D eigenvalue weighted by atomic mass is 10.0. The van der Waals surface area contributed by atoms with Gasteiger partial charge >= 0.3 is 5.97 Å². The van der Waals surface area contributed by atoms with Gasteiger partial charge in [-0.05, 0) is 23.3 Å². The summed E-state index contributed by atoms with van der Waals surface area (Å²) in [6.45, 7) is 0.186. The lowest BCUT2D eigenvalue weighted by Crippen LogP contribution is -2.70. The summed E-state index contributed by atoms with van der Waals surface area (Å²) in [5, 5.41) is 15.5. The number of thioether (sulfide) groups is 2. The third kappa shape index (κ3) is 9.26. The molecular weight excluding hydrogens is 681 g/mol. The van der Waals surface area contributed by atoms with Crippen molar-refractivity contribution in [2.75, 3.05) is 23.8 Å². The molecule has 0 bridgehead atoms. The summed E-state index contributed by atoms with van der Waals surface area (Å²) >= 11 is 20.2. The van der Waals surface area contributed by atoms with Crippen LogP contribution in [0.4, 0.5) is 0 Å². The van der Waals surface area contributed by atoms with Gasteiger partial charge in [-0.2, -0.15) is 8.42 Å². The quantitative estimate of drug-likeness (QED) is 0.0597. The van der Waals surface area contributed by atoms with E-state index in [2.05, 4.69) is 15.6 Å². The van der Waals surface area contributed by atoms with E-state index in [-0.39, 0.29) is 40.8 Å². The predicted octanol–water partition coefficient (Wildman–Crippen LogP) is 1.94. The highest BCUT2D eigenvalue weighted by Crippen LogP contribution is 2.41. The van der Waals surface area contributed by atoms with Crippen molar-refractivity contribution >= 4 is 91.8 Å². The molecule has 18 heteroatoms. The molecule has 4 rings (SSSR count). The monoisotopic (exact) mass is 706 g/mol. The molecule has 0 saturated carbocycles. The van der Waals surface area contributed by atoms with E-state index in [0.29, 0.717) is 35.0 Å². The SMILES string of the molecule is O=C(CC[n+]1ccc(SCC2=C(C(=O)O)N3C(=O)[C@@H](NC(=S)Cc4cc(Cl)nc(Cl)c4)[C@H]3SC2)cc1)NCCS(=O)(=O)O. The Balaban J connectivity index is 1.30. The number of hydrogen-bond acceptors (Lipinski definition) is 9. The van der Waals surface area contributed by atoms with Gasteiger partial charge < -0.3 is 15.7 Å². The van der Waals surface area contributed by atoms with Gasteiger partial charge in [0.2, 0.25) is 5.91 Å². The Morgan fingerprint density at radius 1 is 1.23 bits per heavy atom. The number of halogens is 2. The number of nitrogens with one attached hydrogen (secondary N) is 2. The molecule has 1 saturated heterocycles. The number of carbonyl (C=O) groups excluding carboxylic acids is 2. The van der Waals surface area contributed by atoms with Gasteiger partial charge in [-0.15, -0.1) is 23.5 Å². The van der Waals surface area contributed by atoms with Crippen molar-refractivity contribution in [3.8, 4) is 0 Å². The molecule has 43 heavy (non-hydrogen) atoms. The highest BCUT2D eigenvalue weighted by Gasteiger charge is 2.53. The molecule has 1 fully saturated rings. The molecule has 230 valence electrons. The Morgan fingerprint density at radius 3 is 2.53 bits per heavy atom.